The molecule has 2 aromatic carbocycles. The molecule has 2 aromatic rings. The summed E-state index contributed by atoms with van der Waals surface area (Å²) >= 11 is 2.89. The number of aryl methyl sites for hydroxylation is 1. The van der Waals surface area contributed by atoms with Crippen LogP contribution in [0.4, 0.5) is 0 Å². The molecule has 0 radical (unpaired) electrons. The predicted octanol–water partition coefficient (Wildman–Crippen LogP) is 3.95. The Kier molecular flexibility index (Phi) is 9.66. The molecular formula is C25H30O5S2. The van der Waals surface area contributed by atoms with Crippen molar-refractivity contribution in [3.63, 3.8) is 0 Å². The van der Waals surface area contributed by atoms with E-state index in [-0.39, 0.29) is 29.1 Å². The highest BCUT2D eigenvalue weighted by Crippen LogP contribution is 2.34. The van der Waals surface area contributed by atoms with Crippen molar-refractivity contribution in [2.45, 2.75) is 43.1 Å². The molecule has 1 fully saturated rings. The summed E-state index contributed by atoms with van der Waals surface area (Å²) in [5.41, 5.74) is 1.17. The van der Waals surface area contributed by atoms with E-state index in [4.69, 9.17) is 5.11 Å². The second-order valence-electron chi connectivity index (χ2n) is 8.08. The zero-order chi connectivity index (χ0) is 22.9. The smallest absolute Gasteiger partial charge is 0.313 e. The zero-order valence-electron chi connectivity index (χ0n) is 17.9. The lowest BCUT2D eigenvalue weighted by molar-refractivity contribution is -0.133. The van der Waals surface area contributed by atoms with E-state index in [2.05, 4.69) is 30.3 Å². The molecule has 32 heavy (non-hydrogen) atoms. The van der Waals surface area contributed by atoms with Gasteiger partial charge in [0.15, 0.2) is 0 Å². The molecule has 0 bridgehead atoms. The first-order valence-corrected chi connectivity index (χ1v) is 13.1. The number of carboxylic acid groups (broad SMARTS) is 1. The number of ketones is 1. The number of rotatable bonds is 12. The van der Waals surface area contributed by atoms with Gasteiger partial charge < -0.3 is 15.3 Å². The van der Waals surface area contributed by atoms with Gasteiger partial charge in [-0.1, -0.05) is 54.6 Å². The van der Waals surface area contributed by atoms with Crippen molar-refractivity contribution >= 4 is 46.0 Å². The van der Waals surface area contributed by atoms with Gasteiger partial charge in [-0.25, -0.2) is 0 Å². The van der Waals surface area contributed by atoms with Crippen LogP contribution in [-0.4, -0.2) is 61.8 Å². The summed E-state index contributed by atoms with van der Waals surface area (Å²) in [5.74, 6) is 0.492. The molecule has 4 atom stereocenters. The Balaban J connectivity index is 1.47. The lowest BCUT2D eigenvalue weighted by Gasteiger charge is -2.17. The predicted molar refractivity (Wildman–Crippen MR) is 132 cm³/mol. The van der Waals surface area contributed by atoms with Crippen molar-refractivity contribution in [3.8, 4) is 0 Å². The Morgan fingerprint density at radius 3 is 2.72 bits per heavy atom. The lowest BCUT2D eigenvalue weighted by Crippen LogP contribution is -2.22. The maximum Gasteiger partial charge on any atom is 0.313 e. The van der Waals surface area contributed by atoms with Crippen molar-refractivity contribution in [1.82, 2.24) is 0 Å². The second-order valence-corrected chi connectivity index (χ2v) is 10.4. The first-order valence-electron chi connectivity index (χ1n) is 10.9. The molecule has 0 aliphatic heterocycles. The monoisotopic (exact) mass is 474 g/mol. The third-order valence-electron chi connectivity index (χ3n) is 5.58. The molecule has 3 N–H and O–H groups in total. The Morgan fingerprint density at radius 2 is 1.94 bits per heavy atom. The van der Waals surface area contributed by atoms with Gasteiger partial charge in [0.05, 0.1) is 23.2 Å². The number of carbonyl (C=O) groups excluding carboxylic acids is 1. The van der Waals surface area contributed by atoms with Crippen LogP contribution in [0.2, 0.25) is 0 Å². The Hall–Kier alpha value is -1.80. The molecule has 5 nitrogen and oxygen atoms in total. The van der Waals surface area contributed by atoms with E-state index in [9.17, 15) is 19.8 Å². The van der Waals surface area contributed by atoms with Gasteiger partial charge in [0.1, 0.15) is 5.78 Å². The molecule has 172 valence electrons. The minimum atomic E-state index is -0.818. The first-order chi connectivity index (χ1) is 15.4. The molecule has 0 heterocycles. The molecular weight excluding hydrogens is 444 g/mol. The number of benzene rings is 2. The number of aliphatic carboxylic acids is 1. The summed E-state index contributed by atoms with van der Waals surface area (Å²) in [6, 6.07) is 14.5. The van der Waals surface area contributed by atoms with Crippen LogP contribution in [0.5, 0.6) is 0 Å². The van der Waals surface area contributed by atoms with Gasteiger partial charge in [-0.15, -0.1) is 11.8 Å². The maximum atomic E-state index is 12.3. The minimum Gasteiger partial charge on any atom is -0.481 e. The van der Waals surface area contributed by atoms with E-state index >= 15 is 0 Å². The second kappa shape index (κ2) is 12.4. The van der Waals surface area contributed by atoms with Gasteiger partial charge in [-0.05, 0) is 47.1 Å². The van der Waals surface area contributed by atoms with E-state index in [0.717, 1.165) is 24.3 Å². The fourth-order valence-corrected chi connectivity index (χ4v) is 6.09. The normalized spacial score (nSPS) is 22.1. The van der Waals surface area contributed by atoms with Crippen LogP contribution in [0.3, 0.4) is 0 Å². The number of hydrogen-bond donors (Lipinski definition) is 3. The highest BCUT2D eigenvalue weighted by Gasteiger charge is 2.40. The maximum absolute atomic E-state index is 12.3. The van der Waals surface area contributed by atoms with Crippen LogP contribution >= 0.6 is 23.5 Å². The Bertz CT molecular complexity index is 945. The van der Waals surface area contributed by atoms with Gasteiger partial charge in [-0.2, -0.15) is 11.8 Å². The van der Waals surface area contributed by atoms with Crippen LogP contribution in [0, 0.1) is 5.92 Å². The highest BCUT2D eigenvalue weighted by molar-refractivity contribution is 8.01. The largest absolute Gasteiger partial charge is 0.481 e. The zero-order valence-corrected chi connectivity index (χ0v) is 19.6. The average Bonchev–Trinajstić information content (AvgIpc) is 3.04. The number of carbonyl (C=O) groups is 2. The summed E-state index contributed by atoms with van der Waals surface area (Å²) in [6.45, 7) is 0. The van der Waals surface area contributed by atoms with Crippen molar-refractivity contribution in [2.75, 3.05) is 17.3 Å². The van der Waals surface area contributed by atoms with Gasteiger partial charge in [0.25, 0.3) is 0 Å². The topological polar surface area (TPSA) is 94.8 Å². The number of carboxylic acids is 1. The van der Waals surface area contributed by atoms with Crippen molar-refractivity contribution < 1.29 is 24.9 Å². The van der Waals surface area contributed by atoms with Crippen molar-refractivity contribution in [2.24, 2.45) is 5.92 Å². The first kappa shape index (κ1) is 24.8. The molecule has 1 aliphatic rings. The number of Topliss-reactive ketones (excluding diaryl/α,β-unsaturated/α-hetero) is 1. The quantitative estimate of drug-likeness (QED) is 0.317. The van der Waals surface area contributed by atoms with E-state index in [0.29, 0.717) is 6.42 Å². The lowest BCUT2D eigenvalue weighted by atomic mass is 10.0. The molecule has 4 unspecified atom stereocenters. The van der Waals surface area contributed by atoms with Gasteiger partial charge in [0, 0.05) is 12.3 Å². The number of hydrogen-bond acceptors (Lipinski definition) is 6. The summed E-state index contributed by atoms with van der Waals surface area (Å²) in [4.78, 5) is 22.8. The highest BCUT2D eigenvalue weighted by atomic mass is 32.2. The number of thioether (sulfide) groups is 2. The SMILES string of the molecule is O=C(O)CSCCCSC1C(=O)CC(O)C1/C=C/C(O)CCc1ccc2ccccc2c1. The molecule has 0 spiro atoms. The minimum absolute atomic E-state index is 0.0426. The fourth-order valence-electron chi connectivity index (χ4n) is 3.90. The summed E-state index contributed by atoms with van der Waals surface area (Å²) in [7, 11) is 0. The Morgan fingerprint density at radius 1 is 1.16 bits per heavy atom. The average molecular weight is 475 g/mol. The third kappa shape index (κ3) is 7.37. The molecule has 0 aromatic heterocycles. The molecule has 0 saturated heterocycles. The van der Waals surface area contributed by atoms with Crippen LogP contribution in [0.25, 0.3) is 10.8 Å². The van der Waals surface area contributed by atoms with E-state index in [1.165, 1.54) is 39.9 Å². The van der Waals surface area contributed by atoms with Crippen LogP contribution < -0.4 is 0 Å². The van der Waals surface area contributed by atoms with Gasteiger partial charge in [0.2, 0.25) is 0 Å². The molecule has 3 rings (SSSR count). The summed E-state index contributed by atoms with van der Waals surface area (Å²) < 4.78 is 0. The standard InChI is InChI=1S/C25H30O5S2/c26-20(9-7-17-6-8-18-4-1-2-5-19(18)14-17)10-11-21-22(27)15-23(28)25(21)32-13-3-12-31-16-24(29)30/h1-2,4-6,8,10-11,14,20-22,25-27H,3,7,9,12-13,15-16H2,(H,29,30)/b11-10+. The third-order valence-corrected chi connectivity index (χ3v) is 8.06. The van der Waals surface area contributed by atoms with Crippen LogP contribution in [0.15, 0.2) is 54.6 Å². The van der Waals surface area contributed by atoms with E-state index in [1.54, 1.807) is 12.2 Å². The molecule has 0 amide bonds. The number of aliphatic hydroxyl groups excluding tert-OH is 2. The molecule has 7 heteroatoms. The van der Waals surface area contributed by atoms with Crippen molar-refractivity contribution in [3.05, 3.63) is 60.2 Å². The molecule has 1 aliphatic carbocycles. The van der Waals surface area contributed by atoms with E-state index in [1.807, 2.05) is 12.1 Å². The van der Waals surface area contributed by atoms with Crippen molar-refractivity contribution in [1.29, 1.82) is 0 Å². The van der Waals surface area contributed by atoms with Gasteiger partial charge in [-0.3, -0.25) is 9.59 Å². The summed E-state index contributed by atoms with van der Waals surface area (Å²) in [6.07, 6.45) is 4.44. The van der Waals surface area contributed by atoms with E-state index < -0.39 is 18.2 Å². The van der Waals surface area contributed by atoms with Gasteiger partial charge >= 0.3 is 5.97 Å². The number of aliphatic hydroxyl groups is 2. The fraction of sp³-hybridized carbons (Fsp3) is 0.440. The molecule has 1 saturated carbocycles. The number of fused-ring (bicyclic) bond motifs is 1. The Labute approximate surface area is 197 Å². The van der Waals surface area contributed by atoms with Crippen LogP contribution in [0.1, 0.15) is 24.8 Å². The van der Waals surface area contributed by atoms with Crippen LogP contribution in [-0.2, 0) is 16.0 Å². The summed E-state index contributed by atoms with van der Waals surface area (Å²) in [5, 5.41) is 31.5.